The number of ether oxygens (including phenoxy) is 2. The molecule has 0 bridgehead atoms. The Morgan fingerprint density at radius 2 is 1.09 bits per heavy atom. The molecule has 0 aromatic heterocycles. The minimum atomic E-state index is -4.85. The number of phosphoric acid groups is 1. The fourth-order valence-electron chi connectivity index (χ4n) is 5.57. The lowest BCUT2D eigenvalue weighted by Gasteiger charge is -2.19. The van der Waals surface area contributed by atoms with E-state index in [-0.39, 0.29) is 25.7 Å². The molecule has 0 fully saturated rings. The van der Waals surface area contributed by atoms with Crippen molar-refractivity contribution in [2.75, 3.05) is 13.2 Å². The quantitative estimate of drug-likeness (QED) is 0.0133. The largest absolute Gasteiger partial charge is 0.469 e. The van der Waals surface area contributed by atoms with E-state index in [2.05, 4.69) is 30.5 Å². The van der Waals surface area contributed by atoms with Crippen molar-refractivity contribution in [1.82, 2.24) is 0 Å². The first kappa shape index (κ1) is 52.6. The maximum absolute atomic E-state index is 12.4. The maximum atomic E-state index is 12.4. The predicted octanol–water partition coefficient (Wildman–Crippen LogP) is 9.43. The Labute approximate surface area is 332 Å². The van der Waals surface area contributed by atoms with Crippen LogP contribution in [0, 0.1) is 0 Å². The van der Waals surface area contributed by atoms with Crippen LogP contribution in [-0.2, 0) is 28.2 Å². The van der Waals surface area contributed by atoms with Gasteiger partial charge in [0.05, 0.1) is 24.9 Å². The standard InChI is InChI=1S/C43H75O11P/c1-3-5-7-8-9-10-11-12-13-14-15-16-17-18-19-24-28-34-42(47)52-36-39(37-53-55(49,50)51)54-43(48)35-29-33-41(46)40(45)32-27-23-21-20-22-26-31-38(44)30-25-6-4-2/h12-13,20-23,26-27,31-32,38-41,44-46H,3-11,14-19,24-25,28-30,33-37H2,1-2H3,(H2,49,50,51)/b13-12-,22-20-,23-21+,31-26+,32-27+/t38-,39+,40-,41-/m0/s1. The van der Waals surface area contributed by atoms with Gasteiger partial charge in [0.1, 0.15) is 6.61 Å². The molecule has 0 aliphatic carbocycles. The first-order chi connectivity index (χ1) is 26.5. The van der Waals surface area contributed by atoms with Gasteiger partial charge in [-0.2, -0.15) is 0 Å². The molecule has 5 N–H and O–H groups in total. The smallest absolute Gasteiger partial charge is 0.462 e. The molecule has 4 atom stereocenters. The summed E-state index contributed by atoms with van der Waals surface area (Å²) >= 11 is 0. The van der Waals surface area contributed by atoms with Crippen LogP contribution in [0.2, 0.25) is 0 Å². The Bertz CT molecular complexity index is 1130. The number of phosphoric ester groups is 1. The fourth-order valence-corrected chi connectivity index (χ4v) is 5.93. The second-order valence-corrected chi connectivity index (χ2v) is 15.4. The molecule has 55 heavy (non-hydrogen) atoms. The SMILES string of the molecule is CCCCCCCC/C=C\CCCCCCCCCC(=O)OC[C@H](COP(=O)(O)O)OC(=O)CCC[C@H](O)[C@@H](O)/C=C/C=C/C=C\C=C\[C@@H](O)CCCCC. The van der Waals surface area contributed by atoms with Gasteiger partial charge in [0.2, 0.25) is 0 Å². The van der Waals surface area contributed by atoms with Crippen molar-refractivity contribution in [3.8, 4) is 0 Å². The molecule has 0 aromatic rings. The first-order valence-electron chi connectivity index (χ1n) is 20.9. The van der Waals surface area contributed by atoms with Gasteiger partial charge in [0.25, 0.3) is 0 Å². The van der Waals surface area contributed by atoms with Crippen LogP contribution in [0.4, 0.5) is 0 Å². The minimum absolute atomic E-state index is 0.0882. The Morgan fingerprint density at radius 3 is 1.69 bits per heavy atom. The monoisotopic (exact) mass is 799 g/mol. The summed E-state index contributed by atoms with van der Waals surface area (Å²) in [6, 6.07) is 0. The Kier molecular flexibility index (Phi) is 35.6. The Balaban J connectivity index is 4.27. The van der Waals surface area contributed by atoms with Crippen LogP contribution >= 0.6 is 7.82 Å². The lowest BCUT2D eigenvalue weighted by molar-refractivity contribution is -0.161. The van der Waals surface area contributed by atoms with Crippen molar-refractivity contribution < 1.29 is 53.3 Å². The van der Waals surface area contributed by atoms with Crippen molar-refractivity contribution in [3.05, 3.63) is 60.8 Å². The van der Waals surface area contributed by atoms with E-state index in [0.29, 0.717) is 6.42 Å². The molecule has 0 aromatic carbocycles. The van der Waals surface area contributed by atoms with E-state index >= 15 is 0 Å². The number of aliphatic hydroxyl groups is 3. The van der Waals surface area contributed by atoms with Crippen LogP contribution < -0.4 is 0 Å². The van der Waals surface area contributed by atoms with E-state index in [4.69, 9.17) is 19.3 Å². The van der Waals surface area contributed by atoms with E-state index in [1.54, 1.807) is 42.5 Å². The van der Waals surface area contributed by atoms with Gasteiger partial charge in [0, 0.05) is 12.8 Å². The predicted molar refractivity (Wildman–Crippen MR) is 220 cm³/mol. The van der Waals surface area contributed by atoms with Crippen molar-refractivity contribution in [3.63, 3.8) is 0 Å². The Hall–Kier alpha value is -2.37. The topological polar surface area (TPSA) is 180 Å². The lowest BCUT2D eigenvalue weighted by Crippen LogP contribution is -2.29. The molecule has 11 nitrogen and oxygen atoms in total. The van der Waals surface area contributed by atoms with E-state index in [1.807, 2.05) is 0 Å². The second-order valence-electron chi connectivity index (χ2n) is 14.2. The number of esters is 2. The highest BCUT2D eigenvalue weighted by Crippen LogP contribution is 2.36. The molecular formula is C43H75O11P. The van der Waals surface area contributed by atoms with Crippen LogP contribution in [0.15, 0.2) is 60.8 Å². The van der Waals surface area contributed by atoms with Crippen LogP contribution in [0.3, 0.4) is 0 Å². The number of carbonyl (C=O) groups is 2. The van der Waals surface area contributed by atoms with E-state index in [9.17, 15) is 29.5 Å². The number of carbonyl (C=O) groups excluding carboxylic acids is 2. The number of unbranched alkanes of at least 4 members (excludes halogenated alkanes) is 15. The zero-order valence-corrected chi connectivity index (χ0v) is 34.8. The molecule has 0 radical (unpaired) electrons. The molecule has 0 saturated carbocycles. The summed E-state index contributed by atoms with van der Waals surface area (Å²) in [5, 5.41) is 30.3. The van der Waals surface area contributed by atoms with Gasteiger partial charge in [0.15, 0.2) is 6.10 Å². The average molecular weight is 799 g/mol. The molecule has 12 heteroatoms. The van der Waals surface area contributed by atoms with Crippen LogP contribution in [0.5, 0.6) is 0 Å². The molecule has 318 valence electrons. The van der Waals surface area contributed by atoms with Gasteiger partial charge >= 0.3 is 19.8 Å². The summed E-state index contributed by atoms with van der Waals surface area (Å²) in [7, 11) is -4.85. The molecule has 0 aliphatic heterocycles. The van der Waals surface area contributed by atoms with Crippen molar-refractivity contribution in [1.29, 1.82) is 0 Å². The van der Waals surface area contributed by atoms with E-state index in [0.717, 1.165) is 51.4 Å². The average Bonchev–Trinajstić information content (AvgIpc) is 3.14. The third kappa shape index (κ3) is 38.3. The summed E-state index contributed by atoms with van der Waals surface area (Å²) in [5.74, 6) is -1.22. The van der Waals surface area contributed by atoms with E-state index < -0.39 is 57.4 Å². The molecule has 0 aliphatic rings. The fraction of sp³-hybridized carbons (Fsp3) is 0.721. The van der Waals surface area contributed by atoms with Crippen molar-refractivity contribution >= 4 is 19.8 Å². The lowest BCUT2D eigenvalue weighted by atomic mass is 10.1. The van der Waals surface area contributed by atoms with Crippen molar-refractivity contribution in [2.45, 2.75) is 186 Å². The second kappa shape index (κ2) is 37.2. The van der Waals surface area contributed by atoms with Crippen LogP contribution in [-0.4, -0.2) is 74.7 Å². The summed E-state index contributed by atoms with van der Waals surface area (Å²) < 4.78 is 26.2. The summed E-state index contributed by atoms with van der Waals surface area (Å²) in [6.07, 6.45) is 35.9. The zero-order valence-electron chi connectivity index (χ0n) is 33.9. The summed E-state index contributed by atoms with van der Waals surface area (Å²) in [5.41, 5.74) is 0. The highest BCUT2D eigenvalue weighted by molar-refractivity contribution is 7.46. The Morgan fingerprint density at radius 1 is 0.582 bits per heavy atom. The molecule has 0 unspecified atom stereocenters. The van der Waals surface area contributed by atoms with Gasteiger partial charge in [-0.25, -0.2) is 4.57 Å². The summed E-state index contributed by atoms with van der Waals surface area (Å²) in [6.45, 7) is 3.28. The normalized spacial score (nSPS) is 14.8. The van der Waals surface area contributed by atoms with Gasteiger partial charge in [-0.15, -0.1) is 0 Å². The number of rotatable bonds is 37. The van der Waals surface area contributed by atoms with Crippen LogP contribution in [0.25, 0.3) is 0 Å². The molecule has 0 saturated heterocycles. The van der Waals surface area contributed by atoms with Crippen LogP contribution in [0.1, 0.15) is 162 Å². The number of aliphatic hydroxyl groups excluding tert-OH is 3. The minimum Gasteiger partial charge on any atom is -0.462 e. The molecule has 0 spiro atoms. The first-order valence-corrected chi connectivity index (χ1v) is 22.4. The zero-order chi connectivity index (χ0) is 40.8. The third-order valence-electron chi connectivity index (χ3n) is 8.88. The third-order valence-corrected chi connectivity index (χ3v) is 9.36. The molecule has 0 amide bonds. The van der Waals surface area contributed by atoms with Gasteiger partial charge < -0.3 is 34.6 Å². The van der Waals surface area contributed by atoms with Gasteiger partial charge in [-0.05, 0) is 51.4 Å². The van der Waals surface area contributed by atoms with Crippen molar-refractivity contribution in [2.24, 2.45) is 0 Å². The highest BCUT2D eigenvalue weighted by atomic mass is 31.2. The van der Waals surface area contributed by atoms with Gasteiger partial charge in [-0.3, -0.25) is 14.1 Å². The number of hydrogen-bond acceptors (Lipinski definition) is 9. The number of hydrogen-bond donors (Lipinski definition) is 5. The molecular weight excluding hydrogens is 723 g/mol. The number of allylic oxidation sites excluding steroid dienone is 8. The summed E-state index contributed by atoms with van der Waals surface area (Å²) in [4.78, 5) is 42.9. The van der Waals surface area contributed by atoms with Gasteiger partial charge in [-0.1, -0.05) is 158 Å². The molecule has 0 rings (SSSR count). The highest BCUT2D eigenvalue weighted by Gasteiger charge is 2.23. The maximum Gasteiger partial charge on any atom is 0.469 e. The molecule has 0 heterocycles. The van der Waals surface area contributed by atoms with E-state index in [1.165, 1.54) is 70.3 Å².